The van der Waals surface area contributed by atoms with E-state index in [0.717, 1.165) is 5.57 Å². The van der Waals surface area contributed by atoms with Gasteiger partial charge in [-0.25, -0.2) is 0 Å². The van der Waals surface area contributed by atoms with Crippen LogP contribution in [0.4, 0.5) is 5.69 Å². The monoisotopic (exact) mass is 305 g/mol. The molecule has 0 bridgehead atoms. The minimum Gasteiger partial charge on any atom is -0.494 e. The quantitative estimate of drug-likeness (QED) is 0.541. The lowest BCUT2D eigenvalue weighted by Crippen LogP contribution is -2.20. The van der Waals surface area contributed by atoms with Crippen molar-refractivity contribution >= 4 is 17.6 Å². The number of anilines is 1. The Labute approximate surface area is 131 Å². The zero-order valence-electron chi connectivity index (χ0n) is 13.1. The Morgan fingerprint density at radius 1 is 1.32 bits per heavy atom. The molecular weight excluding hydrogens is 282 g/mol. The third-order valence-corrected chi connectivity index (χ3v) is 3.03. The summed E-state index contributed by atoms with van der Waals surface area (Å²) in [7, 11) is 0. The maximum Gasteiger partial charge on any atom is 0.303 e. The summed E-state index contributed by atoms with van der Waals surface area (Å²) >= 11 is 0. The van der Waals surface area contributed by atoms with Crippen LogP contribution in [0.15, 0.2) is 36.4 Å². The first kappa shape index (κ1) is 17.8. The van der Waals surface area contributed by atoms with Gasteiger partial charge in [-0.1, -0.05) is 12.5 Å². The molecule has 1 amide bonds. The van der Waals surface area contributed by atoms with Crippen molar-refractivity contribution in [1.82, 2.24) is 0 Å². The smallest absolute Gasteiger partial charge is 0.303 e. The van der Waals surface area contributed by atoms with Crippen LogP contribution in [0.25, 0.3) is 0 Å². The Morgan fingerprint density at radius 3 is 2.50 bits per heavy atom. The molecule has 1 rings (SSSR count). The molecule has 22 heavy (non-hydrogen) atoms. The zero-order valence-corrected chi connectivity index (χ0v) is 13.1. The van der Waals surface area contributed by atoms with Gasteiger partial charge in [-0.15, -0.1) is 6.58 Å². The van der Waals surface area contributed by atoms with E-state index < -0.39 is 5.97 Å². The second-order valence-corrected chi connectivity index (χ2v) is 5.42. The Balaban J connectivity index is 2.42. The predicted octanol–water partition coefficient (Wildman–Crippen LogP) is 3.47. The molecule has 0 radical (unpaired) electrons. The molecule has 120 valence electrons. The molecule has 1 atom stereocenters. The molecule has 0 aromatic heterocycles. The van der Waals surface area contributed by atoms with Crippen molar-refractivity contribution in [3.8, 4) is 5.75 Å². The lowest BCUT2D eigenvalue weighted by atomic mass is 10.0. The van der Waals surface area contributed by atoms with Crippen molar-refractivity contribution in [2.24, 2.45) is 5.92 Å². The minimum atomic E-state index is -0.828. The number of benzene rings is 1. The highest BCUT2D eigenvalue weighted by atomic mass is 16.5. The van der Waals surface area contributed by atoms with Gasteiger partial charge >= 0.3 is 5.97 Å². The van der Waals surface area contributed by atoms with Gasteiger partial charge in [-0.05, 0) is 44.0 Å². The number of carbonyl (C=O) groups is 2. The SMILES string of the molecule is C=C(C)CC(C)C(=O)Nc1ccc(OCCCC(=O)O)cc1. The van der Waals surface area contributed by atoms with Crippen LogP contribution in [-0.2, 0) is 9.59 Å². The van der Waals surface area contributed by atoms with Crippen LogP contribution in [0, 0.1) is 5.92 Å². The molecule has 0 spiro atoms. The number of rotatable bonds is 9. The number of carbonyl (C=O) groups excluding carboxylic acids is 1. The van der Waals surface area contributed by atoms with E-state index >= 15 is 0 Å². The van der Waals surface area contributed by atoms with Crippen LogP contribution in [0.2, 0.25) is 0 Å². The lowest BCUT2D eigenvalue weighted by Gasteiger charge is -2.12. The van der Waals surface area contributed by atoms with E-state index in [2.05, 4.69) is 11.9 Å². The summed E-state index contributed by atoms with van der Waals surface area (Å²) in [5.41, 5.74) is 1.68. The van der Waals surface area contributed by atoms with Gasteiger partial charge in [0.2, 0.25) is 5.91 Å². The van der Waals surface area contributed by atoms with Crippen LogP contribution < -0.4 is 10.1 Å². The summed E-state index contributed by atoms with van der Waals surface area (Å²) in [5, 5.41) is 11.4. The van der Waals surface area contributed by atoms with Gasteiger partial charge in [0.25, 0.3) is 0 Å². The summed E-state index contributed by atoms with van der Waals surface area (Å²) in [6.45, 7) is 7.93. The molecule has 2 N–H and O–H groups in total. The standard InChI is InChI=1S/C17H23NO4/c1-12(2)11-13(3)17(21)18-14-6-8-15(9-7-14)22-10-4-5-16(19)20/h6-9,13H,1,4-5,10-11H2,2-3H3,(H,18,21)(H,19,20). The second kappa shape index (κ2) is 8.87. The Kier molecular flexibility index (Phi) is 7.16. The van der Waals surface area contributed by atoms with Crippen LogP contribution in [0.3, 0.4) is 0 Å². The first-order chi connectivity index (χ1) is 10.4. The van der Waals surface area contributed by atoms with Crippen molar-refractivity contribution in [3.05, 3.63) is 36.4 Å². The Hall–Kier alpha value is -2.30. The minimum absolute atomic E-state index is 0.0434. The molecular formula is C17H23NO4. The Bertz CT molecular complexity index is 522. The van der Waals surface area contributed by atoms with Gasteiger partial charge in [-0.3, -0.25) is 9.59 Å². The number of allylic oxidation sites excluding steroid dienone is 1. The van der Waals surface area contributed by atoms with Gasteiger partial charge in [-0.2, -0.15) is 0 Å². The molecule has 1 aromatic rings. The summed E-state index contributed by atoms with van der Waals surface area (Å²) in [4.78, 5) is 22.3. The van der Waals surface area contributed by atoms with Crippen molar-refractivity contribution in [1.29, 1.82) is 0 Å². The van der Waals surface area contributed by atoms with Crippen LogP contribution >= 0.6 is 0 Å². The van der Waals surface area contributed by atoms with Crippen molar-refractivity contribution in [2.75, 3.05) is 11.9 Å². The fourth-order valence-corrected chi connectivity index (χ4v) is 1.93. The Morgan fingerprint density at radius 2 is 1.95 bits per heavy atom. The molecule has 0 heterocycles. The van der Waals surface area contributed by atoms with E-state index in [4.69, 9.17) is 9.84 Å². The number of hydrogen-bond acceptors (Lipinski definition) is 3. The highest BCUT2D eigenvalue weighted by molar-refractivity contribution is 5.92. The molecule has 0 saturated heterocycles. The lowest BCUT2D eigenvalue weighted by molar-refractivity contribution is -0.137. The summed E-state index contributed by atoms with van der Waals surface area (Å²) in [6.07, 6.45) is 1.22. The third-order valence-electron chi connectivity index (χ3n) is 3.03. The fourth-order valence-electron chi connectivity index (χ4n) is 1.93. The van der Waals surface area contributed by atoms with Crippen LogP contribution in [0.1, 0.15) is 33.1 Å². The van der Waals surface area contributed by atoms with E-state index in [1.54, 1.807) is 24.3 Å². The van der Waals surface area contributed by atoms with Gasteiger partial charge in [0.15, 0.2) is 0 Å². The molecule has 1 aromatic carbocycles. The molecule has 0 aliphatic rings. The van der Waals surface area contributed by atoms with Gasteiger partial charge < -0.3 is 15.2 Å². The molecule has 5 heteroatoms. The third kappa shape index (κ3) is 6.92. The molecule has 0 aliphatic carbocycles. The van der Waals surface area contributed by atoms with Crippen molar-refractivity contribution in [3.63, 3.8) is 0 Å². The molecule has 1 unspecified atom stereocenters. The molecule has 5 nitrogen and oxygen atoms in total. The number of nitrogens with one attached hydrogen (secondary N) is 1. The second-order valence-electron chi connectivity index (χ2n) is 5.42. The molecule has 0 fully saturated rings. The van der Waals surface area contributed by atoms with Crippen molar-refractivity contribution < 1.29 is 19.4 Å². The fraction of sp³-hybridized carbons (Fsp3) is 0.412. The van der Waals surface area contributed by atoms with E-state index in [1.807, 2.05) is 13.8 Å². The van der Waals surface area contributed by atoms with Crippen LogP contribution in [-0.4, -0.2) is 23.6 Å². The molecule has 0 saturated carbocycles. The highest BCUT2D eigenvalue weighted by Gasteiger charge is 2.12. The first-order valence-corrected chi connectivity index (χ1v) is 7.28. The summed E-state index contributed by atoms with van der Waals surface area (Å²) < 4.78 is 5.43. The predicted molar refractivity (Wildman–Crippen MR) is 86.0 cm³/mol. The number of hydrogen-bond donors (Lipinski definition) is 2. The van der Waals surface area contributed by atoms with Gasteiger partial charge in [0.1, 0.15) is 5.75 Å². The van der Waals surface area contributed by atoms with E-state index in [9.17, 15) is 9.59 Å². The highest BCUT2D eigenvalue weighted by Crippen LogP contribution is 2.18. The van der Waals surface area contributed by atoms with Gasteiger partial charge in [0.05, 0.1) is 6.61 Å². The number of carboxylic acids is 1. The van der Waals surface area contributed by atoms with E-state index in [0.29, 0.717) is 30.9 Å². The first-order valence-electron chi connectivity index (χ1n) is 7.28. The summed E-state index contributed by atoms with van der Waals surface area (Å²) in [6, 6.07) is 7.02. The number of amides is 1. The average Bonchev–Trinajstić information content (AvgIpc) is 2.44. The topological polar surface area (TPSA) is 75.6 Å². The zero-order chi connectivity index (χ0) is 16.5. The average molecular weight is 305 g/mol. The largest absolute Gasteiger partial charge is 0.494 e. The van der Waals surface area contributed by atoms with Gasteiger partial charge in [0, 0.05) is 18.0 Å². The normalized spacial score (nSPS) is 11.5. The number of aliphatic carboxylic acids is 1. The molecule has 0 aliphatic heterocycles. The van der Waals surface area contributed by atoms with Crippen molar-refractivity contribution in [2.45, 2.75) is 33.1 Å². The number of carboxylic acid groups (broad SMARTS) is 1. The van der Waals surface area contributed by atoms with Crippen LogP contribution in [0.5, 0.6) is 5.75 Å². The van der Waals surface area contributed by atoms with E-state index in [-0.39, 0.29) is 18.2 Å². The van der Waals surface area contributed by atoms with E-state index in [1.165, 1.54) is 0 Å². The number of ether oxygens (including phenoxy) is 1. The summed E-state index contributed by atoms with van der Waals surface area (Å²) in [5.74, 6) is -0.341. The maximum absolute atomic E-state index is 12.0. The maximum atomic E-state index is 12.0.